The topological polar surface area (TPSA) is 0 Å². The maximum Gasteiger partial charge on any atom is 0.00313 e. The molecule has 0 heterocycles. The molecule has 0 fully saturated rings. The molecule has 0 saturated carbocycles. The molecule has 0 unspecified atom stereocenters. The minimum atomic E-state index is 1.16. The molecule has 16 heavy (non-hydrogen) atoms. The summed E-state index contributed by atoms with van der Waals surface area (Å²) in [5.41, 5.74) is 3.09. The van der Waals surface area contributed by atoms with Crippen LogP contribution in [0, 0.1) is 0 Å². The Morgan fingerprint density at radius 2 is 1.50 bits per heavy atom. The lowest BCUT2D eigenvalue weighted by atomic mass is 9.99. The van der Waals surface area contributed by atoms with Crippen LogP contribution in [0.25, 0.3) is 0 Å². The van der Waals surface area contributed by atoms with E-state index in [2.05, 4.69) is 47.1 Å². The van der Waals surface area contributed by atoms with Crippen LogP contribution >= 0.6 is 15.9 Å². The van der Waals surface area contributed by atoms with Gasteiger partial charge in [0.05, 0.1) is 0 Å². The van der Waals surface area contributed by atoms with Crippen LogP contribution < -0.4 is 0 Å². The number of aryl methyl sites for hydroxylation is 2. The first-order chi connectivity index (χ1) is 7.88. The molecule has 1 aromatic carbocycles. The van der Waals surface area contributed by atoms with Crippen molar-refractivity contribution in [3.8, 4) is 0 Å². The summed E-state index contributed by atoms with van der Waals surface area (Å²) in [4.78, 5) is 0. The third kappa shape index (κ3) is 5.16. The van der Waals surface area contributed by atoms with Crippen molar-refractivity contribution in [1.82, 2.24) is 0 Å². The van der Waals surface area contributed by atoms with Gasteiger partial charge in [0.25, 0.3) is 0 Å². The molecule has 90 valence electrons. The standard InChI is InChI=1S/C15H23Br/c1-2-14-10-7-8-12-15(14)11-6-4-3-5-9-13-16/h7-8,10,12H,2-6,9,11,13H2,1H3. The van der Waals surface area contributed by atoms with Crippen LogP contribution in [0.15, 0.2) is 24.3 Å². The van der Waals surface area contributed by atoms with E-state index in [9.17, 15) is 0 Å². The lowest BCUT2D eigenvalue weighted by Crippen LogP contribution is -1.92. The minimum absolute atomic E-state index is 1.16. The van der Waals surface area contributed by atoms with E-state index >= 15 is 0 Å². The largest absolute Gasteiger partial charge is 0.0928 e. The number of rotatable bonds is 8. The Kier molecular flexibility index (Phi) is 7.58. The fourth-order valence-electron chi connectivity index (χ4n) is 2.09. The predicted molar refractivity (Wildman–Crippen MR) is 76.4 cm³/mol. The third-order valence-corrected chi connectivity index (χ3v) is 3.64. The fraction of sp³-hybridized carbons (Fsp3) is 0.600. The lowest BCUT2D eigenvalue weighted by Gasteiger charge is -2.07. The Hall–Kier alpha value is -0.300. The van der Waals surface area contributed by atoms with Crippen molar-refractivity contribution in [3.05, 3.63) is 35.4 Å². The summed E-state index contributed by atoms with van der Waals surface area (Å²) >= 11 is 3.47. The first-order valence-electron chi connectivity index (χ1n) is 6.51. The van der Waals surface area contributed by atoms with Crippen LogP contribution in [0.1, 0.15) is 50.2 Å². The van der Waals surface area contributed by atoms with Crippen LogP contribution in [0.3, 0.4) is 0 Å². The molecule has 0 N–H and O–H groups in total. The molecule has 0 spiro atoms. The average molecular weight is 283 g/mol. The number of halogens is 1. The monoisotopic (exact) mass is 282 g/mol. The number of unbranched alkanes of at least 4 members (excludes halogenated alkanes) is 4. The van der Waals surface area contributed by atoms with Crippen molar-refractivity contribution in [3.63, 3.8) is 0 Å². The zero-order valence-corrected chi connectivity index (χ0v) is 11.9. The maximum atomic E-state index is 3.47. The van der Waals surface area contributed by atoms with E-state index in [1.807, 2.05) is 0 Å². The molecule has 0 aliphatic rings. The van der Waals surface area contributed by atoms with Crippen molar-refractivity contribution in [1.29, 1.82) is 0 Å². The van der Waals surface area contributed by atoms with Crippen LogP contribution in [0.5, 0.6) is 0 Å². The van der Waals surface area contributed by atoms with Gasteiger partial charge >= 0.3 is 0 Å². The maximum absolute atomic E-state index is 3.47. The fourth-order valence-corrected chi connectivity index (χ4v) is 2.48. The van der Waals surface area contributed by atoms with Gasteiger partial charge in [0, 0.05) is 5.33 Å². The van der Waals surface area contributed by atoms with Gasteiger partial charge in [-0.2, -0.15) is 0 Å². The normalized spacial score (nSPS) is 10.6. The van der Waals surface area contributed by atoms with Gasteiger partial charge in [0.15, 0.2) is 0 Å². The van der Waals surface area contributed by atoms with Crippen molar-refractivity contribution in [2.24, 2.45) is 0 Å². The molecule has 0 bridgehead atoms. The van der Waals surface area contributed by atoms with E-state index in [-0.39, 0.29) is 0 Å². The van der Waals surface area contributed by atoms with Gasteiger partial charge in [-0.1, -0.05) is 66.4 Å². The van der Waals surface area contributed by atoms with E-state index in [0.29, 0.717) is 0 Å². The molecular weight excluding hydrogens is 260 g/mol. The predicted octanol–water partition coefficient (Wildman–Crippen LogP) is 5.14. The Balaban J connectivity index is 2.21. The number of benzene rings is 1. The molecule has 1 rings (SSSR count). The van der Waals surface area contributed by atoms with Crippen molar-refractivity contribution < 1.29 is 0 Å². The highest BCUT2D eigenvalue weighted by Gasteiger charge is 1.99. The zero-order valence-electron chi connectivity index (χ0n) is 10.3. The van der Waals surface area contributed by atoms with E-state index in [0.717, 1.165) is 5.33 Å². The molecule has 0 atom stereocenters. The van der Waals surface area contributed by atoms with E-state index in [1.165, 1.54) is 50.5 Å². The number of hydrogen-bond acceptors (Lipinski definition) is 0. The van der Waals surface area contributed by atoms with E-state index in [4.69, 9.17) is 0 Å². The smallest absolute Gasteiger partial charge is 0.00313 e. The Morgan fingerprint density at radius 1 is 0.875 bits per heavy atom. The second-order valence-corrected chi connectivity index (χ2v) is 5.12. The lowest BCUT2D eigenvalue weighted by molar-refractivity contribution is 0.634. The second kappa shape index (κ2) is 8.81. The third-order valence-electron chi connectivity index (χ3n) is 3.08. The quantitative estimate of drug-likeness (QED) is 0.458. The van der Waals surface area contributed by atoms with Crippen LogP contribution in [-0.4, -0.2) is 5.33 Å². The molecule has 0 radical (unpaired) electrons. The van der Waals surface area contributed by atoms with Crippen LogP contribution in [0.4, 0.5) is 0 Å². The molecule has 0 aromatic heterocycles. The van der Waals surface area contributed by atoms with Crippen molar-refractivity contribution >= 4 is 15.9 Å². The first-order valence-corrected chi connectivity index (χ1v) is 7.63. The highest BCUT2D eigenvalue weighted by molar-refractivity contribution is 9.09. The van der Waals surface area contributed by atoms with Gasteiger partial charge in [0.1, 0.15) is 0 Å². The van der Waals surface area contributed by atoms with Gasteiger partial charge in [-0.25, -0.2) is 0 Å². The summed E-state index contributed by atoms with van der Waals surface area (Å²) in [6, 6.07) is 8.87. The summed E-state index contributed by atoms with van der Waals surface area (Å²) in [6.07, 6.45) is 9.24. The van der Waals surface area contributed by atoms with Gasteiger partial charge in [-0.05, 0) is 36.8 Å². The summed E-state index contributed by atoms with van der Waals surface area (Å²) in [5.74, 6) is 0. The van der Waals surface area contributed by atoms with Gasteiger partial charge < -0.3 is 0 Å². The summed E-state index contributed by atoms with van der Waals surface area (Å²) in [7, 11) is 0. The second-order valence-electron chi connectivity index (χ2n) is 4.33. The van der Waals surface area contributed by atoms with Crippen molar-refractivity contribution in [2.75, 3.05) is 5.33 Å². The number of hydrogen-bond donors (Lipinski definition) is 0. The van der Waals surface area contributed by atoms with Crippen LogP contribution in [0.2, 0.25) is 0 Å². The van der Waals surface area contributed by atoms with Gasteiger partial charge in [-0.3, -0.25) is 0 Å². The summed E-state index contributed by atoms with van der Waals surface area (Å²) < 4.78 is 0. The zero-order chi connectivity index (χ0) is 11.6. The highest BCUT2D eigenvalue weighted by Crippen LogP contribution is 2.14. The molecule has 0 aliphatic carbocycles. The molecule has 1 heteroatoms. The molecule has 0 nitrogen and oxygen atoms in total. The van der Waals surface area contributed by atoms with E-state index in [1.54, 1.807) is 5.56 Å². The van der Waals surface area contributed by atoms with Crippen LogP contribution in [-0.2, 0) is 12.8 Å². The molecule has 1 aromatic rings. The van der Waals surface area contributed by atoms with Gasteiger partial charge in [-0.15, -0.1) is 0 Å². The molecule has 0 saturated heterocycles. The molecular formula is C15H23Br. The Morgan fingerprint density at radius 3 is 2.19 bits per heavy atom. The summed E-state index contributed by atoms with van der Waals surface area (Å²) in [5, 5.41) is 1.16. The average Bonchev–Trinajstić information content (AvgIpc) is 2.34. The minimum Gasteiger partial charge on any atom is -0.0928 e. The van der Waals surface area contributed by atoms with Gasteiger partial charge in [0.2, 0.25) is 0 Å². The first kappa shape index (κ1) is 13.8. The van der Waals surface area contributed by atoms with Crippen molar-refractivity contribution in [2.45, 2.75) is 51.9 Å². The Bertz CT molecular complexity index is 281. The highest BCUT2D eigenvalue weighted by atomic mass is 79.9. The molecule has 0 aliphatic heterocycles. The van der Waals surface area contributed by atoms with E-state index < -0.39 is 0 Å². The molecule has 0 amide bonds. The Labute approximate surface area is 109 Å². The summed E-state index contributed by atoms with van der Waals surface area (Å²) in [6.45, 7) is 2.24. The SMILES string of the molecule is CCc1ccccc1CCCCCCCBr. The number of alkyl halides is 1.